The van der Waals surface area contributed by atoms with Gasteiger partial charge >= 0.3 is 0 Å². The molecule has 0 radical (unpaired) electrons. The van der Waals surface area contributed by atoms with Gasteiger partial charge in [0.1, 0.15) is 11.5 Å². The Kier molecular flexibility index (Phi) is 5.85. The molecule has 1 aromatic carbocycles. The monoisotopic (exact) mass is 323 g/mol. The predicted molar refractivity (Wildman–Crippen MR) is 85.6 cm³/mol. The maximum absolute atomic E-state index is 14.0. The van der Waals surface area contributed by atoms with Crippen molar-refractivity contribution in [3.05, 3.63) is 46.8 Å². The number of aryl methyl sites for hydroxylation is 1. The Morgan fingerprint density at radius 3 is 2.57 bits per heavy atom. The average Bonchev–Trinajstić information content (AvgIpc) is 2.76. The van der Waals surface area contributed by atoms with Crippen molar-refractivity contribution in [2.45, 2.75) is 33.7 Å². The maximum atomic E-state index is 14.0. The summed E-state index contributed by atoms with van der Waals surface area (Å²) >= 11 is 0. The van der Waals surface area contributed by atoms with Gasteiger partial charge in [0, 0.05) is 30.4 Å². The molecule has 126 valence electrons. The molecule has 0 fully saturated rings. The molecule has 0 saturated heterocycles. The van der Waals surface area contributed by atoms with E-state index >= 15 is 0 Å². The summed E-state index contributed by atoms with van der Waals surface area (Å²) in [5, 5.41) is 13.6. The molecule has 1 heterocycles. The van der Waals surface area contributed by atoms with Crippen molar-refractivity contribution in [1.82, 2.24) is 14.7 Å². The molecule has 0 saturated carbocycles. The molecule has 6 heteroatoms. The minimum absolute atomic E-state index is 0.0961. The Labute approximate surface area is 135 Å². The lowest BCUT2D eigenvalue weighted by atomic mass is 10.1. The number of hydrogen-bond donors (Lipinski definition) is 1. The van der Waals surface area contributed by atoms with Gasteiger partial charge in [-0.15, -0.1) is 0 Å². The molecule has 0 spiro atoms. The van der Waals surface area contributed by atoms with Gasteiger partial charge in [0.05, 0.1) is 12.3 Å². The van der Waals surface area contributed by atoms with E-state index in [1.54, 1.807) is 0 Å². The summed E-state index contributed by atoms with van der Waals surface area (Å²) in [5.74, 6) is -1.24. The van der Waals surface area contributed by atoms with E-state index in [-0.39, 0.29) is 12.3 Å². The van der Waals surface area contributed by atoms with Gasteiger partial charge in [-0.05, 0) is 38.9 Å². The van der Waals surface area contributed by atoms with Gasteiger partial charge in [0.2, 0.25) is 0 Å². The Morgan fingerprint density at radius 1 is 1.22 bits per heavy atom. The van der Waals surface area contributed by atoms with Crippen LogP contribution in [-0.2, 0) is 6.54 Å². The van der Waals surface area contributed by atoms with Crippen LogP contribution in [0.1, 0.15) is 30.3 Å². The normalized spacial score (nSPS) is 11.4. The molecule has 0 bridgehead atoms. The van der Waals surface area contributed by atoms with Gasteiger partial charge in [-0.2, -0.15) is 5.10 Å². The van der Waals surface area contributed by atoms with Crippen LogP contribution in [0.3, 0.4) is 0 Å². The number of aliphatic hydroxyl groups is 1. The smallest absolute Gasteiger partial charge is 0.151 e. The minimum Gasteiger partial charge on any atom is -0.395 e. The standard InChI is InChI=1S/C17H23F2N3O/c1-4-7-21(8-9-23)11-15-12(2)20-22(13(15)3)17-6-5-14(18)10-16(17)19/h5-6,10,23H,4,7-9,11H2,1-3H3. The third kappa shape index (κ3) is 3.95. The molecule has 0 unspecified atom stereocenters. The van der Waals surface area contributed by atoms with Crippen molar-refractivity contribution in [3.63, 3.8) is 0 Å². The fourth-order valence-corrected chi connectivity index (χ4v) is 2.74. The zero-order chi connectivity index (χ0) is 17.0. The summed E-state index contributed by atoms with van der Waals surface area (Å²) < 4.78 is 28.6. The third-order valence-electron chi connectivity index (χ3n) is 3.92. The lowest BCUT2D eigenvalue weighted by Gasteiger charge is -2.20. The number of nitrogens with zero attached hydrogens (tertiary/aromatic N) is 3. The predicted octanol–water partition coefficient (Wildman–Crippen LogP) is 2.97. The van der Waals surface area contributed by atoms with E-state index in [9.17, 15) is 13.9 Å². The summed E-state index contributed by atoms with van der Waals surface area (Å²) in [6.07, 6.45) is 0.985. The van der Waals surface area contributed by atoms with Crippen LogP contribution >= 0.6 is 0 Å². The summed E-state index contributed by atoms with van der Waals surface area (Å²) in [4.78, 5) is 2.14. The highest BCUT2D eigenvalue weighted by Gasteiger charge is 2.17. The largest absolute Gasteiger partial charge is 0.395 e. The summed E-state index contributed by atoms with van der Waals surface area (Å²) in [6.45, 7) is 8.04. The molecule has 0 aliphatic heterocycles. The summed E-state index contributed by atoms with van der Waals surface area (Å²) in [5.41, 5.74) is 2.88. The number of hydrogen-bond acceptors (Lipinski definition) is 3. The molecular formula is C17H23F2N3O. The van der Waals surface area contributed by atoms with Crippen LogP contribution in [0.25, 0.3) is 5.69 Å². The minimum atomic E-state index is -0.636. The number of benzene rings is 1. The first kappa shape index (κ1) is 17.6. The Hall–Kier alpha value is -1.79. The van der Waals surface area contributed by atoms with Crippen molar-refractivity contribution in [3.8, 4) is 5.69 Å². The summed E-state index contributed by atoms with van der Waals surface area (Å²) in [7, 11) is 0. The Bertz CT molecular complexity index is 664. The first-order valence-corrected chi connectivity index (χ1v) is 7.81. The highest BCUT2D eigenvalue weighted by atomic mass is 19.1. The number of halogens is 2. The molecule has 1 N–H and O–H groups in total. The molecule has 0 atom stereocenters. The molecule has 4 nitrogen and oxygen atoms in total. The fraction of sp³-hybridized carbons (Fsp3) is 0.471. The highest BCUT2D eigenvalue weighted by Crippen LogP contribution is 2.22. The quantitative estimate of drug-likeness (QED) is 0.852. The molecule has 0 aliphatic rings. The molecule has 0 aliphatic carbocycles. The lowest BCUT2D eigenvalue weighted by molar-refractivity contribution is 0.190. The zero-order valence-electron chi connectivity index (χ0n) is 13.8. The van der Waals surface area contributed by atoms with E-state index in [1.165, 1.54) is 16.8 Å². The van der Waals surface area contributed by atoms with Gasteiger partial charge in [-0.25, -0.2) is 13.5 Å². The molecular weight excluding hydrogens is 300 g/mol. The van der Waals surface area contributed by atoms with E-state index in [2.05, 4.69) is 16.9 Å². The number of rotatable bonds is 7. The fourth-order valence-electron chi connectivity index (χ4n) is 2.74. The van der Waals surface area contributed by atoms with Crippen LogP contribution < -0.4 is 0 Å². The van der Waals surface area contributed by atoms with Crippen molar-refractivity contribution in [2.75, 3.05) is 19.7 Å². The molecule has 2 rings (SSSR count). The SMILES string of the molecule is CCCN(CCO)Cc1c(C)nn(-c2ccc(F)cc2F)c1C. The summed E-state index contributed by atoms with van der Waals surface area (Å²) in [6, 6.07) is 3.48. The van der Waals surface area contributed by atoms with E-state index in [0.29, 0.717) is 13.1 Å². The first-order chi connectivity index (χ1) is 11.0. The Morgan fingerprint density at radius 2 is 1.96 bits per heavy atom. The lowest BCUT2D eigenvalue weighted by Crippen LogP contribution is -2.27. The van der Waals surface area contributed by atoms with Gasteiger partial charge in [0.15, 0.2) is 5.82 Å². The van der Waals surface area contributed by atoms with E-state index < -0.39 is 11.6 Å². The highest BCUT2D eigenvalue weighted by molar-refractivity contribution is 5.38. The zero-order valence-corrected chi connectivity index (χ0v) is 13.8. The van der Waals surface area contributed by atoms with Gasteiger partial charge < -0.3 is 5.11 Å². The molecule has 0 amide bonds. The maximum Gasteiger partial charge on any atom is 0.151 e. The van der Waals surface area contributed by atoms with Crippen molar-refractivity contribution < 1.29 is 13.9 Å². The van der Waals surface area contributed by atoms with Crippen molar-refractivity contribution in [2.24, 2.45) is 0 Å². The molecule has 2 aromatic rings. The van der Waals surface area contributed by atoms with Crippen LogP contribution in [0.5, 0.6) is 0 Å². The Balaban J connectivity index is 2.35. The molecule has 1 aromatic heterocycles. The second kappa shape index (κ2) is 7.66. The first-order valence-electron chi connectivity index (χ1n) is 7.81. The van der Waals surface area contributed by atoms with E-state index in [1.807, 2.05) is 13.8 Å². The van der Waals surface area contributed by atoms with Crippen LogP contribution in [0.2, 0.25) is 0 Å². The average molecular weight is 323 g/mol. The molecule has 23 heavy (non-hydrogen) atoms. The van der Waals surface area contributed by atoms with Crippen LogP contribution in [-0.4, -0.2) is 39.5 Å². The topological polar surface area (TPSA) is 41.3 Å². The van der Waals surface area contributed by atoms with E-state index in [4.69, 9.17) is 0 Å². The van der Waals surface area contributed by atoms with Crippen molar-refractivity contribution in [1.29, 1.82) is 0 Å². The number of aliphatic hydroxyl groups excluding tert-OH is 1. The van der Waals surface area contributed by atoms with Crippen LogP contribution in [0, 0.1) is 25.5 Å². The van der Waals surface area contributed by atoms with Gasteiger partial charge in [-0.1, -0.05) is 6.92 Å². The second-order valence-corrected chi connectivity index (χ2v) is 5.66. The van der Waals surface area contributed by atoms with Crippen molar-refractivity contribution >= 4 is 0 Å². The van der Waals surface area contributed by atoms with Crippen LogP contribution in [0.15, 0.2) is 18.2 Å². The van der Waals surface area contributed by atoms with Gasteiger partial charge in [0.25, 0.3) is 0 Å². The third-order valence-corrected chi connectivity index (χ3v) is 3.92. The van der Waals surface area contributed by atoms with E-state index in [0.717, 1.165) is 36.0 Å². The van der Waals surface area contributed by atoms with Crippen LogP contribution in [0.4, 0.5) is 8.78 Å². The second-order valence-electron chi connectivity index (χ2n) is 5.66. The number of aromatic nitrogens is 2. The van der Waals surface area contributed by atoms with Gasteiger partial charge in [-0.3, -0.25) is 4.90 Å².